The summed E-state index contributed by atoms with van der Waals surface area (Å²) in [7, 11) is 1.64. The predicted molar refractivity (Wildman–Crippen MR) is 114 cm³/mol. The molecule has 5 nitrogen and oxygen atoms in total. The normalized spacial score (nSPS) is 11.2. The van der Waals surface area contributed by atoms with Gasteiger partial charge in [-0.25, -0.2) is 4.52 Å². The van der Waals surface area contributed by atoms with Gasteiger partial charge in [-0.15, -0.1) is 0 Å². The lowest BCUT2D eigenvalue weighted by Gasteiger charge is -2.07. The lowest BCUT2D eigenvalue weighted by Crippen LogP contribution is -2.21. The van der Waals surface area contributed by atoms with Gasteiger partial charge in [0.2, 0.25) is 0 Å². The maximum absolute atomic E-state index is 13.1. The largest absolute Gasteiger partial charge is 0.497 e. The highest BCUT2D eigenvalue weighted by Crippen LogP contribution is 2.27. The summed E-state index contributed by atoms with van der Waals surface area (Å²) in [6.07, 6.45) is 3.60. The van der Waals surface area contributed by atoms with Crippen molar-refractivity contribution in [1.82, 2.24) is 14.2 Å². The van der Waals surface area contributed by atoms with Crippen LogP contribution in [0.15, 0.2) is 90.0 Å². The van der Waals surface area contributed by atoms with E-state index in [4.69, 9.17) is 4.74 Å². The van der Waals surface area contributed by atoms with Crippen LogP contribution in [0.5, 0.6) is 5.75 Å². The average Bonchev–Trinajstić information content (AvgIpc) is 3.20. The number of rotatable bonds is 4. The van der Waals surface area contributed by atoms with Crippen LogP contribution in [-0.4, -0.2) is 21.3 Å². The molecule has 0 atom stereocenters. The van der Waals surface area contributed by atoms with Crippen molar-refractivity contribution in [1.29, 1.82) is 0 Å². The van der Waals surface area contributed by atoms with Gasteiger partial charge in [-0.05, 0) is 34.5 Å². The molecule has 142 valence electrons. The molecule has 2 aromatic heterocycles. The zero-order valence-corrected chi connectivity index (χ0v) is 15.9. The Morgan fingerprint density at radius 3 is 2.66 bits per heavy atom. The number of hydrogen-bond donors (Lipinski definition) is 0. The number of fused-ring (bicyclic) bond motifs is 2. The monoisotopic (exact) mass is 381 g/mol. The van der Waals surface area contributed by atoms with Crippen LogP contribution in [0, 0.1) is 0 Å². The van der Waals surface area contributed by atoms with Gasteiger partial charge in [0.15, 0.2) is 0 Å². The summed E-state index contributed by atoms with van der Waals surface area (Å²) in [4.78, 5) is 13.1. The topological polar surface area (TPSA) is 48.5 Å². The van der Waals surface area contributed by atoms with Crippen LogP contribution >= 0.6 is 0 Å². The molecule has 5 heteroatoms. The third-order valence-corrected chi connectivity index (χ3v) is 5.16. The summed E-state index contributed by atoms with van der Waals surface area (Å²) < 4.78 is 8.63. The molecule has 0 aliphatic carbocycles. The molecule has 0 aliphatic heterocycles. The third-order valence-electron chi connectivity index (χ3n) is 5.16. The molecule has 0 unspecified atom stereocenters. The fraction of sp³-hybridized carbons (Fsp3) is 0.0833. The molecule has 5 rings (SSSR count). The molecule has 0 spiro atoms. The molecule has 0 aliphatic rings. The minimum atomic E-state index is -0.0747. The molecule has 0 saturated carbocycles. The first-order valence-electron chi connectivity index (χ1n) is 9.43. The van der Waals surface area contributed by atoms with Gasteiger partial charge in [0.25, 0.3) is 5.56 Å². The van der Waals surface area contributed by atoms with Crippen LogP contribution in [-0.2, 0) is 6.54 Å². The van der Waals surface area contributed by atoms with E-state index < -0.39 is 0 Å². The first-order valence-corrected chi connectivity index (χ1v) is 9.43. The van der Waals surface area contributed by atoms with Crippen molar-refractivity contribution in [2.75, 3.05) is 7.11 Å². The maximum Gasteiger partial charge on any atom is 0.276 e. The van der Waals surface area contributed by atoms with Crippen LogP contribution < -0.4 is 10.3 Å². The number of aromatic nitrogens is 3. The number of benzene rings is 3. The Bertz CT molecular complexity index is 1390. The minimum absolute atomic E-state index is 0.0747. The van der Waals surface area contributed by atoms with Crippen LogP contribution in [0.4, 0.5) is 0 Å². The Hall–Kier alpha value is -3.86. The number of ether oxygens (including phenoxy) is 1. The molecule has 2 heterocycles. The van der Waals surface area contributed by atoms with Gasteiger partial charge in [-0.2, -0.15) is 5.10 Å². The second-order valence-electron chi connectivity index (χ2n) is 6.97. The standard InChI is InChI=1S/C24H19N3O2/c1-29-19-9-4-6-17(14-19)16-26-12-13-27-23(24(26)28)15-22(25-27)21-11-5-8-18-7-2-3-10-20(18)21/h2-15H,16H2,1H3. The Labute approximate surface area is 167 Å². The minimum Gasteiger partial charge on any atom is -0.497 e. The summed E-state index contributed by atoms with van der Waals surface area (Å²) >= 11 is 0. The smallest absolute Gasteiger partial charge is 0.276 e. The summed E-state index contributed by atoms with van der Waals surface area (Å²) in [6, 6.07) is 23.9. The summed E-state index contributed by atoms with van der Waals surface area (Å²) in [5.74, 6) is 0.777. The Morgan fingerprint density at radius 1 is 0.931 bits per heavy atom. The first-order chi connectivity index (χ1) is 14.2. The van der Waals surface area contributed by atoms with Gasteiger partial charge < -0.3 is 9.30 Å². The lowest BCUT2D eigenvalue weighted by molar-refractivity contribution is 0.414. The van der Waals surface area contributed by atoms with Gasteiger partial charge in [0.05, 0.1) is 19.3 Å². The quantitative estimate of drug-likeness (QED) is 0.464. The highest BCUT2D eigenvalue weighted by molar-refractivity contribution is 5.96. The van der Waals surface area contributed by atoms with Crippen molar-refractivity contribution in [3.8, 4) is 17.0 Å². The highest BCUT2D eigenvalue weighted by Gasteiger charge is 2.11. The van der Waals surface area contributed by atoms with Crippen LogP contribution in [0.3, 0.4) is 0 Å². The van der Waals surface area contributed by atoms with Crippen molar-refractivity contribution in [3.05, 3.63) is 101 Å². The van der Waals surface area contributed by atoms with Gasteiger partial charge >= 0.3 is 0 Å². The second kappa shape index (κ2) is 6.95. The molecule has 5 aromatic rings. The third kappa shape index (κ3) is 3.06. The summed E-state index contributed by atoms with van der Waals surface area (Å²) in [6.45, 7) is 0.474. The van der Waals surface area contributed by atoms with E-state index >= 15 is 0 Å². The van der Waals surface area contributed by atoms with E-state index in [1.165, 1.54) is 0 Å². The number of hydrogen-bond acceptors (Lipinski definition) is 3. The van der Waals surface area contributed by atoms with E-state index in [-0.39, 0.29) is 5.56 Å². The number of methoxy groups -OCH3 is 1. The van der Waals surface area contributed by atoms with Gasteiger partial charge in [0, 0.05) is 18.0 Å². The molecule has 0 bridgehead atoms. The molecule has 0 amide bonds. The maximum atomic E-state index is 13.1. The Kier molecular flexibility index (Phi) is 4.13. The fourth-order valence-corrected chi connectivity index (χ4v) is 3.70. The fourth-order valence-electron chi connectivity index (χ4n) is 3.70. The molecular weight excluding hydrogens is 362 g/mol. The molecule has 0 saturated heterocycles. The zero-order chi connectivity index (χ0) is 19.8. The summed E-state index contributed by atoms with van der Waals surface area (Å²) in [5, 5.41) is 6.92. The SMILES string of the molecule is COc1cccc(Cn2ccn3nc(-c4cccc5ccccc45)cc3c2=O)c1. The van der Waals surface area contributed by atoms with Crippen LogP contribution in [0.2, 0.25) is 0 Å². The van der Waals surface area contributed by atoms with E-state index in [2.05, 4.69) is 23.3 Å². The number of nitrogens with zero attached hydrogens (tertiary/aromatic N) is 3. The molecule has 3 aromatic carbocycles. The Balaban J connectivity index is 1.59. The average molecular weight is 381 g/mol. The van der Waals surface area contributed by atoms with E-state index in [0.717, 1.165) is 33.3 Å². The van der Waals surface area contributed by atoms with Crippen LogP contribution in [0.25, 0.3) is 27.5 Å². The Morgan fingerprint density at radius 2 is 1.76 bits per heavy atom. The van der Waals surface area contributed by atoms with Crippen molar-refractivity contribution < 1.29 is 4.74 Å². The second-order valence-corrected chi connectivity index (χ2v) is 6.97. The van der Waals surface area contributed by atoms with Gasteiger partial charge in [-0.3, -0.25) is 4.79 Å². The van der Waals surface area contributed by atoms with E-state index in [1.54, 1.807) is 22.4 Å². The van der Waals surface area contributed by atoms with Gasteiger partial charge in [-0.1, -0.05) is 54.6 Å². The molecular formula is C24H19N3O2. The van der Waals surface area contributed by atoms with Crippen LogP contribution in [0.1, 0.15) is 5.56 Å². The van der Waals surface area contributed by atoms with E-state index in [1.807, 2.05) is 60.8 Å². The summed E-state index contributed by atoms with van der Waals surface area (Å²) in [5.41, 5.74) is 3.29. The van der Waals surface area contributed by atoms with Crippen molar-refractivity contribution in [2.45, 2.75) is 6.54 Å². The zero-order valence-electron chi connectivity index (χ0n) is 15.9. The highest BCUT2D eigenvalue weighted by atomic mass is 16.5. The van der Waals surface area contributed by atoms with E-state index in [0.29, 0.717) is 12.1 Å². The van der Waals surface area contributed by atoms with Crippen molar-refractivity contribution in [3.63, 3.8) is 0 Å². The van der Waals surface area contributed by atoms with E-state index in [9.17, 15) is 4.79 Å². The molecule has 0 fully saturated rings. The van der Waals surface area contributed by atoms with Crippen molar-refractivity contribution >= 4 is 16.3 Å². The lowest BCUT2D eigenvalue weighted by atomic mass is 10.0. The van der Waals surface area contributed by atoms with Gasteiger partial charge in [0.1, 0.15) is 11.3 Å². The first kappa shape index (κ1) is 17.3. The molecule has 0 N–H and O–H groups in total. The molecule has 29 heavy (non-hydrogen) atoms. The molecule has 0 radical (unpaired) electrons. The van der Waals surface area contributed by atoms with Crippen molar-refractivity contribution in [2.24, 2.45) is 0 Å². The predicted octanol–water partition coefficient (Wildman–Crippen LogP) is 4.37.